The summed E-state index contributed by atoms with van der Waals surface area (Å²) in [4.78, 5) is 37.3. The first kappa shape index (κ1) is 20.9. The summed E-state index contributed by atoms with van der Waals surface area (Å²) in [5, 5.41) is 10.8. The lowest BCUT2D eigenvalue weighted by Crippen LogP contribution is -2.16. The highest BCUT2D eigenvalue weighted by Gasteiger charge is 2.19. The van der Waals surface area contributed by atoms with Crippen molar-refractivity contribution in [1.29, 1.82) is 0 Å². The molecule has 0 unspecified atom stereocenters. The molecule has 0 amide bonds. The van der Waals surface area contributed by atoms with Gasteiger partial charge in [-0.1, -0.05) is 0 Å². The van der Waals surface area contributed by atoms with E-state index in [-0.39, 0.29) is 28.9 Å². The Balaban J connectivity index is 1.95. The number of fused-ring (bicyclic) bond motifs is 1. The van der Waals surface area contributed by atoms with Gasteiger partial charge in [0, 0.05) is 17.5 Å². The Morgan fingerprint density at radius 3 is 2.63 bits per heavy atom. The van der Waals surface area contributed by atoms with Gasteiger partial charge in [-0.15, -0.1) is 0 Å². The molecular formula is C18H15N3O8S. The molecule has 0 spiro atoms. The monoisotopic (exact) mass is 433 g/mol. The zero-order valence-corrected chi connectivity index (χ0v) is 16.6. The van der Waals surface area contributed by atoms with Crippen LogP contribution in [0.15, 0.2) is 50.8 Å². The van der Waals surface area contributed by atoms with Crippen molar-refractivity contribution in [3.05, 3.63) is 68.2 Å². The fourth-order valence-corrected chi connectivity index (χ4v) is 3.71. The molecule has 0 atom stereocenters. The smallest absolute Gasteiger partial charge is 0.340 e. The van der Waals surface area contributed by atoms with Gasteiger partial charge >= 0.3 is 11.6 Å². The predicted molar refractivity (Wildman–Crippen MR) is 105 cm³/mol. The fourth-order valence-electron chi connectivity index (χ4n) is 2.73. The summed E-state index contributed by atoms with van der Waals surface area (Å²) < 4.78 is 37.0. The quantitative estimate of drug-likeness (QED) is 0.265. The van der Waals surface area contributed by atoms with Crippen molar-refractivity contribution in [3.63, 3.8) is 0 Å². The van der Waals surface area contributed by atoms with E-state index in [2.05, 4.69) is 14.4 Å². The number of carbonyl (C=O) groups excluding carboxylic acids is 1. The highest BCUT2D eigenvalue weighted by Crippen LogP contribution is 2.25. The van der Waals surface area contributed by atoms with E-state index in [1.807, 2.05) is 0 Å². The second kappa shape index (κ2) is 7.91. The molecule has 0 aliphatic heterocycles. The lowest BCUT2D eigenvalue weighted by molar-refractivity contribution is -0.385. The molecule has 3 aromatic rings. The molecule has 0 aliphatic rings. The third-order valence-electron chi connectivity index (χ3n) is 4.30. The summed E-state index contributed by atoms with van der Waals surface area (Å²) in [5.41, 5.74) is -0.216. The minimum Gasteiger partial charge on any atom is -0.469 e. The standard InChI is InChI=1S/C18H15N3O8S/c1-10-13-5-3-11(7-15(13)29-18(23)14(10)8-17(22)28-2)20-30(26,27)16-6-4-12(9-19-16)21(24)25/h3-7,9,20H,8H2,1-2H3. The number of carbonyl (C=O) groups is 1. The minimum atomic E-state index is -4.14. The Kier molecular flexibility index (Phi) is 5.52. The van der Waals surface area contributed by atoms with Crippen molar-refractivity contribution >= 4 is 38.3 Å². The molecule has 0 radical (unpaired) electrons. The zero-order chi connectivity index (χ0) is 22.1. The average Bonchev–Trinajstić information content (AvgIpc) is 2.70. The molecule has 1 aromatic carbocycles. The Hall–Kier alpha value is -3.80. The number of ether oxygens (including phenoxy) is 1. The number of anilines is 1. The number of nitro groups is 1. The molecule has 2 heterocycles. The molecule has 0 saturated carbocycles. The van der Waals surface area contributed by atoms with E-state index in [0.29, 0.717) is 10.9 Å². The van der Waals surface area contributed by atoms with Gasteiger partial charge in [-0.3, -0.25) is 19.6 Å². The molecule has 3 rings (SSSR count). The van der Waals surface area contributed by atoms with E-state index in [9.17, 15) is 28.1 Å². The summed E-state index contributed by atoms with van der Waals surface area (Å²) in [6.45, 7) is 1.64. The minimum absolute atomic E-state index is 0.0888. The maximum absolute atomic E-state index is 12.5. The lowest BCUT2D eigenvalue weighted by Gasteiger charge is -2.10. The summed E-state index contributed by atoms with van der Waals surface area (Å²) in [5.74, 6) is -0.593. The zero-order valence-electron chi connectivity index (χ0n) is 15.7. The predicted octanol–water partition coefficient (Wildman–Crippen LogP) is 1.92. The van der Waals surface area contributed by atoms with Gasteiger partial charge in [0.05, 0.1) is 29.7 Å². The Morgan fingerprint density at radius 2 is 2.03 bits per heavy atom. The largest absolute Gasteiger partial charge is 0.469 e. The molecule has 12 heteroatoms. The Labute approximate surface area is 169 Å². The van der Waals surface area contributed by atoms with Crippen molar-refractivity contribution in [2.45, 2.75) is 18.4 Å². The van der Waals surface area contributed by atoms with Crippen LogP contribution in [0.5, 0.6) is 0 Å². The van der Waals surface area contributed by atoms with E-state index in [0.717, 1.165) is 18.3 Å². The highest BCUT2D eigenvalue weighted by atomic mass is 32.2. The van der Waals surface area contributed by atoms with Crippen LogP contribution in [0.3, 0.4) is 0 Å². The maximum atomic E-state index is 12.5. The number of hydrogen-bond acceptors (Lipinski definition) is 9. The normalized spacial score (nSPS) is 11.3. The van der Waals surface area contributed by atoms with Crippen LogP contribution in [0.2, 0.25) is 0 Å². The summed E-state index contributed by atoms with van der Waals surface area (Å²) >= 11 is 0. The number of methoxy groups -OCH3 is 1. The second-order valence-corrected chi connectivity index (χ2v) is 7.80. The van der Waals surface area contributed by atoms with Gasteiger partial charge in [-0.05, 0) is 30.7 Å². The Bertz CT molecular complexity index is 1310. The van der Waals surface area contributed by atoms with Crippen molar-refractivity contribution < 1.29 is 27.3 Å². The number of sulfonamides is 1. The molecule has 11 nitrogen and oxygen atoms in total. The molecule has 0 saturated heterocycles. The van der Waals surface area contributed by atoms with Crippen LogP contribution in [0.25, 0.3) is 11.0 Å². The van der Waals surface area contributed by atoms with Crippen LogP contribution < -0.4 is 10.3 Å². The molecule has 156 valence electrons. The first-order chi connectivity index (χ1) is 14.1. The van der Waals surface area contributed by atoms with E-state index in [4.69, 9.17) is 4.42 Å². The van der Waals surface area contributed by atoms with Crippen LogP contribution in [0.1, 0.15) is 11.1 Å². The number of aromatic nitrogens is 1. The van der Waals surface area contributed by atoms with Crippen molar-refractivity contribution in [3.8, 4) is 0 Å². The molecular weight excluding hydrogens is 418 g/mol. The van der Waals surface area contributed by atoms with Crippen LogP contribution >= 0.6 is 0 Å². The third kappa shape index (κ3) is 4.12. The van der Waals surface area contributed by atoms with Gasteiger partial charge in [-0.25, -0.2) is 9.78 Å². The first-order valence-electron chi connectivity index (χ1n) is 8.39. The number of nitrogens with zero attached hydrogens (tertiary/aromatic N) is 2. The van der Waals surface area contributed by atoms with Gasteiger partial charge in [0.15, 0.2) is 5.03 Å². The Morgan fingerprint density at radius 1 is 1.30 bits per heavy atom. The first-order valence-corrected chi connectivity index (χ1v) is 9.87. The number of hydrogen-bond donors (Lipinski definition) is 1. The molecule has 2 aromatic heterocycles. The number of pyridine rings is 1. The second-order valence-electron chi connectivity index (χ2n) is 6.17. The molecule has 0 bridgehead atoms. The summed E-state index contributed by atoms with van der Waals surface area (Å²) in [7, 11) is -2.93. The highest BCUT2D eigenvalue weighted by molar-refractivity contribution is 7.92. The fraction of sp³-hybridized carbons (Fsp3) is 0.167. The number of rotatable bonds is 6. The number of aryl methyl sites for hydroxylation is 1. The lowest BCUT2D eigenvalue weighted by atomic mass is 10.0. The molecule has 30 heavy (non-hydrogen) atoms. The van der Waals surface area contributed by atoms with Crippen molar-refractivity contribution in [2.75, 3.05) is 11.8 Å². The summed E-state index contributed by atoms with van der Waals surface area (Å²) in [6.07, 6.45) is 0.584. The number of nitrogens with one attached hydrogen (secondary N) is 1. The van der Waals surface area contributed by atoms with E-state index in [1.165, 1.54) is 25.3 Å². The topological polar surface area (TPSA) is 159 Å². The van der Waals surface area contributed by atoms with Crippen LogP contribution in [-0.2, 0) is 26.0 Å². The van der Waals surface area contributed by atoms with Gasteiger partial charge in [0.1, 0.15) is 11.8 Å². The van der Waals surface area contributed by atoms with Crippen LogP contribution in [-0.4, -0.2) is 31.4 Å². The number of benzene rings is 1. The number of esters is 1. The van der Waals surface area contributed by atoms with E-state index < -0.39 is 31.6 Å². The molecule has 1 N–H and O–H groups in total. The SMILES string of the molecule is COC(=O)Cc1c(C)c2ccc(NS(=O)(=O)c3ccc([N+](=O)[O-])cn3)cc2oc1=O. The maximum Gasteiger partial charge on any atom is 0.340 e. The van der Waals surface area contributed by atoms with Crippen LogP contribution in [0.4, 0.5) is 11.4 Å². The van der Waals surface area contributed by atoms with Gasteiger partial charge in [0.25, 0.3) is 15.7 Å². The van der Waals surface area contributed by atoms with E-state index >= 15 is 0 Å². The van der Waals surface area contributed by atoms with Crippen LogP contribution in [0, 0.1) is 17.0 Å². The average molecular weight is 433 g/mol. The van der Waals surface area contributed by atoms with Crippen molar-refractivity contribution in [1.82, 2.24) is 4.98 Å². The van der Waals surface area contributed by atoms with Gasteiger partial charge in [0.2, 0.25) is 0 Å². The van der Waals surface area contributed by atoms with Crippen molar-refractivity contribution in [2.24, 2.45) is 0 Å². The molecule has 0 fully saturated rings. The summed E-state index contributed by atoms with van der Waals surface area (Å²) in [6, 6.07) is 6.32. The van der Waals surface area contributed by atoms with E-state index in [1.54, 1.807) is 6.92 Å². The molecule has 0 aliphatic carbocycles. The third-order valence-corrected chi connectivity index (χ3v) is 5.59. The van der Waals surface area contributed by atoms with Gasteiger partial charge in [-0.2, -0.15) is 8.42 Å². The van der Waals surface area contributed by atoms with Gasteiger partial charge < -0.3 is 9.15 Å².